The molecule has 0 fully saturated rings. The summed E-state index contributed by atoms with van der Waals surface area (Å²) in [4.78, 5) is 20.9. The van der Waals surface area contributed by atoms with Gasteiger partial charge in [-0.05, 0) is 28.8 Å². The Morgan fingerprint density at radius 1 is 0.792 bits per heavy atom. The quantitative estimate of drug-likeness (QED) is 0.770. The van der Waals surface area contributed by atoms with Gasteiger partial charge in [0.15, 0.2) is 5.82 Å². The van der Waals surface area contributed by atoms with Crippen LogP contribution in [0.15, 0.2) is 77.9 Å². The van der Waals surface area contributed by atoms with E-state index < -0.39 is 0 Å². The fourth-order valence-corrected chi connectivity index (χ4v) is 2.75. The third-order valence-corrected chi connectivity index (χ3v) is 3.95. The smallest absolute Gasteiger partial charge is 0.231 e. The van der Waals surface area contributed by atoms with E-state index in [1.165, 1.54) is 5.56 Å². The highest BCUT2D eigenvalue weighted by Crippen LogP contribution is 2.27. The lowest BCUT2D eigenvalue weighted by atomic mass is 10.0. The minimum Gasteiger partial charge on any atom is -0.309 e. The fraction of sp³-hybridized carbons (Fsp3) is 0.0500. The molecule has 116 valence electrons. The number of aromatic nitrogens is 1. The molecule has 1 amide bonds. The first-order chi connectivity index (χ1) is 11.8. The molecule has 0 aliphatic carbocycles. The first kappa shape index (κ1) is 14.3. The molecular weight excluding hydrogens is 298 g/mol. The maximum Gasteiger partial charge on any atom is 0.231 e. The number of hydrogen-bond acceptors (Lipinski definition) is 3. The fourth-order valence-electron chi connectivity index (χ4n) is 2.75. The van der Waals surface area contributed by atoms with Crippen LogP contribution in [0.25, 0.3) is 11.1 Å². The summed E-state index contributed by atoms with van der Waals surface area (Å²) < 4.78 is 0. The van der Waals surface area contributed by atoms with Gasteiger partial charge in [0.25, 0.3) is 0 Å². The number of nitrogens with one attached hydrogen (secondary N) is 1. The van der Waals surface area contributed by atoms with E-state index in [0.29, 0.717) is 11.5 Å². The summed E-state index contributed by atoms with van der Waals surface area (Å²) in [6.45, 7) is 0. The van der Waals surface area contributed by atoms with Crippen LogP contribution in [-0.2, 0) is 4.79 Å². The molecule has 4 rings (SSSR count). The Bertz CT molecular complexity index is 915. The zero-order valence-corrected chi connectivity index (χ0v) is 12.9. The molecule has 1 aliphatic heterocycles. The molecule has 2 aromatic carbocycles. The van der Waals surface area contributed by atoms with Gasteiger partial charge in [0, 0.05) is 6.20 Å². The van der Waals surface area contributed by atoms with E-state index >= 15 is 0 Å². The van der Waals surface area contributed by atoms with Crippen molar-refractivity contribution < 1.29 is 4.79 Å². The molecule has 3 aromatic rings. The van der Waals surface area contributed by atoms with Crippen LogP contribution in [0.2, 0.25) is 0 Å². The first-order valence-corrected chi connectivity index (χ1v) is 7.78. The molecular formula is C20H15N3O. The van der Waals surface area contributed by atoms with Crippen molar-refractivity contribution in [2.24, 2.45) is 4.99 Å². The summed E-state index contributed by atoms with van der Waals surface area (Å²) in [7, 11) is 0. The molecule has 0 saturated carbocycles. The van der Waals surface area contributed by atoms with Crippen LogP contribution in [0.5, 0.6) is 0 Å². The largest absolute Gasteiger partial charge is 0.309 e. The lowest BCUT2D eigenvalue weighted by Crippen LogP contribution is -2.15. The molecule has 4 nitrogen and oxygen atoms in total. The number of carbonyl (C=O) groups excluding carboxylic acids is 1. The van der Waals surface area contributed by atoms with Gasteiger partial charge in [-0.3, -0.25) is 4.79 Å². The van der Waals surface area contributed by atoms with Crippen LogP contribution in [0.1, 0.15) is 12.0 Å². The normalized spacial score (nSPS) is 13.5. The second-order valence-corrected chi connectivity index (χ2v) is 5.60. The molecule has 0 unspecified atom stereocenters. The van der Waals surface area contributed by atoms with Gasteiger partial charge >= 0.3 is 0 Å². The van der Waals surface area contributed by atoms with Crippen LogP contribution in [-0.4, -0.2) is 16.6 Å². The number of aliphatic imine (C=N–C) groups is 1. The average Bonchev–Trinajstić information content (AvgIpc) is 2.80. The molecule has 2 heterocycles. The van der Waals surface area contributed by atoms with E-state index in [9.17, 15) is 4.79 Å². The summed E-state index contributed by atoms with van der Waals surface area (Å²) in [5.74, 6) is 0.414. The Labute approximate surface area is 139 Å². The van der Waals surface area contributed by atoms with Crippen molar-refractivity contribution in [1.82, 2.24) is 4.98 Å². The second-order valence-electron chi connectivity index (χ2n) is 5.60. The Morgan fingerprint density at radius 3 is 2.29 bits per heavy atom. The molecule has 24 heavy (non-hydrogen) atoms. The van der Waals surface area contributed by atoms with Crippen molar-refractivity contribution in [1.29, 1.82) is 0 Å². The maximum atomic E-state index is 12.1. The van der Waals surface area contributed by atoms with Gasteiger partial charge in [0.2, 0.25) is 5.91 Å². The predicted octanol–water partition coefficient (Wildman–Crippen LogP) is 4.21. The number of benzene rings is 2. The van der Waals surface area contributed by atoms with Crippen molar-refractivity contribution in [2.75, 3.05) is 5.32 Å². The Kier molecular flexibility index (Phi) is 3.63. The summed E-state index contributed by atoms with van der Waals surface area (Å²) in [6, 6.07) is 22.0. The van der Waals surface area contributed by atoms with Crippen molar-refractivity contribution in [3.05, 3.63) is 78.5 Å². The van der Waals surface area contributed by atoms with Crippen molar-refractivity contribution in [3.63, 3.8) is 0 Å². The van der Waals surface area contributed by atoms with Gasteiger partial charge < -0.3 is 5.32 Å². The van der Waals surface area contributed by atoms with E-state index in [-0.39, 0.29) is 12.3 Å². The van der Waals surface area contributed by atoms with Crippen LogP contribution in [0.3, 0.4) is 0 Å². The standard InChI is InChI=1S/C20H15N3O/c24-19-13-18(22-17-7-4-12-21-20(17)23-19)16-10-8-15(9-11-16)14-5-2-1-3-6-14/h1-12H,13H2,(H,21,23,24). The molecule has 0 atom stereocenters. The number of anilines is 1. The summed E-state index contributed by atoms with van der Waals surface area (Å²) in [6.07, 6.45) is 1.88. The van der Waals surface area contributed by atoms with E-state index in [0.717, 1.165) is 16.8 Å². The molecule has 4 heteroatoms. The third-order valence-electron chi connectivity index (χ3n) is 3.95. The van der Waals surface area contributed by atoms with Gasteiger partial charge in [0.05, 0.1) is 12.1 Å². The van der Waals surface area contributed by atoms with Crippen LogP contribution in [0.4, 0.5) is 11.5 Å². The highest BCUT2D eigenvalue weighted by Gasteiger charge is 2.17. The molecule has 1 N–H and O–H groups in total. The van der Waals surface area contributed by atoms with Gasteiger partial charge in [-0.25, -0.2) is 9.98 Å². The van der Waals surface area contributed by atoms with E-state index in [4.69, 9.17) is 0 Å². The van der Waals surface area contributed by atoms with Crippen LogP contribution in [0, 0.1) is 0 Å². The molecule has 1 aliphatic rings. The summed E-state index contributed by atoms with van der Waals surface area (Å²) in [5.41, 5.74) is 4.69. The average molecular weight is 313 g/mol. The molecule has 0 bridgehead atoms. The lowest BCUT2D eigenvalue weighted by molar-refractivity contribution is -0.115. The third kappa shape index (κ3) is 2.82. The number of fused-ring (bicyclic) bond motifs is 1. The Hall–Kier alpha value is -3.27. The molecule has 1 aromatic heterocycles. The van der Waals surface area contributed by atoms with Crippen molar-refractivity contribution in [3.8, 4) is 11.1 Å². The monoisotopic (exact) mass is 313 g/mol. The van der Waals surface area contributed by atoms with Crippen LogP contribution < -0.4 is 5.32 Å². The second kappa shape index (κ2) is 6.08. The van der Waals surface area contributed by atoms with Gasteiger partial charge in [0.1, 0.15) is 5.69 Å². The molecule has 0 saturated heterocycles. The number of carbonyl (C=O) groups is 1. The van der Waals surface area contributed by atoms with Gasteiger partial charge in [-0.1, -0.05) is 54.6 Å². The summed E-state index contributed by atoms with van der Waals surface area (Å²) >= 11 is 0. The number of rotatable bonds is 2. The number of pyridine rings is 1. The van der Waals surface area contributed by atoms with Crippen molar-refractivity contribution >= 4 is 23.1 Å². The molecule has 0 radical (unpaired) electrons. The first-order valence-electron chi connectivity index (χ1n) is 7.78. The number of nitrogens with zero attached hydrogens (tertiary/aromatic N) is 2. The zero-order valence-electron chi connectivity index (χ0n) is 12.9. The van der Waals surface area contributed by atoms with E-state index in [1.54, 1.807) is 6.20 Å². The lowest BCUT2D eigenvalue weighted by Gasteiger charge is -2.06. The Morgan fingerprint density at radius 2 is 1.50 bits per heavy atom. The zero-order chi connectivity index (χ0) is 16.4. The minimum absolute atomic E-state index is 0.0988. The highest BCUT2D eigenvalue weighted by atomic mass is 16.1. The van der Waals surface area contributed by atoms with Gasteiger partial charge in [-0.15, -0.1) is 0 Å². The van der Waals surface area contributed by atoms with Crippen molar-refractivity contribution in [2.45, 2.75) is 6.42 Å². The van der Waals surface area contributed by atoms with Gasteiger partial charge in [-0.2, -0.15) is 0 Å². The predicted molar refractivity (Wildman–Crippen MR) is 95.6 cm³/mol. The topological polar surface area (TPSA) is 54.4 Å². The number of amides is 1. The summed E-state index contributed by atoms with van der Waals surface area (Å²) in [5, 5.41) is 2.79. The SMILES string of the molecule is O=C1CC(c2ccc(-c3ccccc3)cc2)=Nc2cccnc2N1. The minimum atomic E-state index is -0.0988. The number of hydrogen-bond donors (Lipinski definition) is 1. The maximum absolute atomic E-state index is 12.1. The van der Waals surface area contributed by atoms with Crippen LogP contribution >= 0.6 is 0 Å². The van der Waals surface area contributed by atoms with E-state index in [1.807, 2.05) is 42.5 Å². The molecule has 0 spiro atoms. The highest BCUT2D eigenvalue weighted by molar-refractivity contribution is 6.16. The Balaban J connectivity index is 1.71. The van der Waals surface area contributed by atoms with E-state index in [2.05, 4.69) is 39.6 Å².